The van der Waals surface area contributed by atoms with E-state index >= 15 is 0 Å². The number of hydrogen-bond acceptors (Lipinski definition) is 5. The van der Waals surface area contributed by atoms with Crippen LogP contribution in [0.15, 0.2) is 29.6 Å². The maximum absolute atomic E-state index is 10.9. The van der Waals surface area contributed by atoms with Crippen LogP contribution in [-0.2, 0) is 4.79 Å². The molecule has 1 saturated carbocycles. The molecule has 6 nitrogen and oxygen atoms in total. The van der Waals surface area contributed by atoms with Gasteiger partial charge in [0.1, 0.15) is 0 Å². The zero-order valence-corrected chi connectivity index (χ0v) is 12.3. The third kappa shape index (κ3) is 3.03. The van der Waals surface area contributed by atoms with E-state index in [1.165, 1.54) is 11.8 Å². The van der Waals surface area contributed by atoms with E-state index in [1.807, 2.05) is 28.8 Å². The van der Waals surface area contributed by atoms with E-state index < -0.39 is 11.6 Å². The molecule has 0 saturated heterocycles. The second kappa shape index (κ2) is 5.65. The largest absolute Gasteiger partial charge is 0.481 e. The van der Waals surface area contributed by atoms with Crippen LogP contribution in [0.1, 0.15) is 25.7 Å². The van der Waals surface area contributed by atoms with Crippen LogP contribution in [0.4, 0.5) is 0 Å². The molecule has 0 spiro atoms. The van der Waals surface area contributed by atoms with E-state index in [4.69, 9.17) is 5.11 Å². The van der Waals surface area contributed by atoms with Gasteiger partial charge in [0.15, 0.2) is 10.8 Å². The Morgan fingerprint density at radius 1 is 1.38 bits per heavy atom. The van der Waals surface area contributed by atoms with Crippen molar-refractivity contribution < 1.29 is 15.0 Å². The lowest BCUT2D eigenvalue weighted by atomic mass is 9.80. The molecule has 1 aliphatic carbocycles. The molecule has 7 heteroatoms. The number of pyridine rings is 1. The molecule has 1 aliphatic rings. The summed E-state index contributed by atoms with van der Waals surface area (Å²) in [6, 6.07) is 5.69. The maximum Gasteiger partial charge on any atom is 0.306 e. The fourth-order valence-electron chi connectivity index (χ4n) is 2.66. The van der Waals surface area contributed by atoms with Gasteiger partial charge in [-0.25, -0.2) is 0 Å². The normalized spacial score (nSPS) is 26.0. The SMILES string of the molecule is O=C(O)C1CCC(O)(CSc2nnc3ccccn23)CC1. The van der Waals surface area contributed by atoms with Crippen LogP contribution >= 0.6 is 11.8 Å². The summed E-state index contributed by atoms with van der Waals surface area (Å²) in [4.78, 5) is 10.9. The number of fused-ring (bicyclic) bond motifs is 1. The minimum absolute atomic E-state index is 0.316. The molecule has 0 atom stereocenters. The monoisotopic (exact) mass is 307 g/mol. The molecular weight excluding hydrogens is 290 g/mol. The second-order valence-corrected chi connectivity index (χ2v) is 6.48. The topological polar surface area (TPSA) is 87.7 Å². The van der Waals surface area contributed by atoms with E-state index in [1.54, 1.807) is 0 Å². The van der Waals surface area contributed by atoms with Gasteiger partial charge in [-0.2, -0.15) is 0 Å². The average Bonchev–Trinajstić information content (AvgIpc) is 2.89. The van der Waals surface area contributed by atoms with Gasteiger partial charge in [0.25, 0.3) is 0 Å². The Morgan fingerprint density at radius 3 is 2.86 bits per heavy atom. The third-order valence-corrected chi connectivity index (χ3v) is 5.24. The highest BCUT2D eigenvalue weighted by Crippen LogP contribution is 2.35. The van der Waals surface area contributed by atoms with Gasteiger partial charge in [0, 0.05) is 11.9 Å². The van der Waals surface area contributed by atoms with E-state index in [9.17, 15) is 9.90 Å². The number of nitrogens with zero attached hydrogens (tertiary/aromatic N) is 3. The van der Waals surface area contributed by atoms with Gasteiger partial charge >= 0.3 is 5.97 Å². The van der Waals surface area contributed by atoms with Gasteiger partial charge in [0.05, 0.1) is 11.5 Å². The first-order chi connectivity index (χ1) is 10.1. The number of hydrogen-bond donors (Lipinski definition) is 2. The molecule has 2 aromatic rings. The summed E-state index contributed by atoms with van der Waals surface area (Å²) in [7, 11) is 0. The van der Waals surface area contributed by atoms with E-state index in [-0.39, 0.29) is 5.92 Å². The Hall–Kier alpha value is -1.60. The van der Waals surface area contributed by atoms with Crippen molar-refractivity contribution in [1.29, 1.82) is 0 Å². The van der Waals surface area contributed by atoms with Gasteiger partial charge in [0.2, 0.25) is 0 Å². The van der Waals surface area contributed by atoms with Crippen molar-refractivity contribution >= 4 is 23.4 Å². The molecule has 0 radical (unpaired) electrons. The fourth-order valence-corrected chi connectivity index (χ4v) is 3.74. The Bertz CT molecular complexity index is 650. The number of aromatic nitrogens is 3. The Labute approximate surface area is 126 Å². The van der Waals surface area contributed by atoms with Crippen LogP contribution < -0.4 is 0 Å². The Morgan fingerprint density at radius 2 is 2.14 bits per heavy atom. The highest BCUT2D eigenvalue weighted by Gasteiger charge is 2.36. The lowest BCUT2D eigenvalue weighted by Crippen LogP contribution is -2.38. The molecule has 2 heterocycles. The van der Waals surface area contributed by atoms with Gasteiger partial charge < -0.3 is 10.2 Å². The minimum atomic E-state index is -0.808. The molecular formula is C14H17N3O3S. The third-order valence-electron chi connectivity index (χ3n) is 4.02. The van der Waals surface area contributed by atoms with Gasteiger partial charge in [-0.1, -0.05) is 17.8 Å². The first-order valence-electron chi connectivity index (χ1n) is 6.95. The lowest BCUT2D eigenvalue weighted by molar-refractivity contribution is -0.144. The molecule has 2 N–H and O–H groups in total. The number of carbonyl (C=O) groups is 1. The summed E-state index contributed by atoms with van der Waals surface area (Å²) in [5.74, 6) is -0.563. The standard InChI is InChI=1S/C14H17N3O3S/c18-12(19)10-4-6-14(20,7-5-10)9-21-13-16-15-11-3-1-2-8-17(11)13/h1-3,8,10,20H,4-7,9H2,(H,18,19). The molecule has 0 aromatic carbocycles. The number of carboxylic acid groups (broad SMARTS) is 1. The second-order valence-electron chi connectivity index (χ2n) is 5.54. The maximum atomic E-state index is 10.9. The number of rotatable bonds is 4. The van der Waals surface area contributed by atoms with Crippen molar-refractivity contribution in [2.75, 3.05) is 5.75 Å². The van der Waals surface area contributed by atoms with E-state index in [0.29, 0.717) is 31.4 Å². The number of carboxylic acids is 1. The molecule has 2 aromatic heterocycles. The van der Waals surface area contributed by atoms with Gasteiger partial charge in [-0.15, -0.1) is 10.2 Å². The van der Waals surface area contributed by atoms with Crippen LogP contribution in [0.3, 0.4) is 0 Å². The Balaban J connectivity index is 1.64. The van der Waals surface area contributed by atoms with E-state index in [2.05, 4.69) is 10.2 Å². The van der Waals surface area contributed by atoms with Crippen molar-refractivity contribution in [2.45, 2.75) is 36.4 Å². The molecule has 0 amide bonds. The minimum Gasteiger partial charge on any atom is -0.481 e. The molecule has 0 unspecified atom stereocenters. The molecule has 3 rings (SSSR count). The lowest BCUT2D eigenvalue weighted by Gasteiger charge is -2.34. The van der Waals surface area contributed by atoms with Crippen LogP contribution in [0.5, 0.6) is 0 Å². The van der Waals surface area contributed by atoms with E-state index in [0.717, 1.165) is 10.8 Å². The van der Waals surface area contributed by atoms with Crippen molar-refractivity contribution in [3.05, 3.63) is 24.4 Å². The van der Waals surface area contributed by atoms with Crippen molar-refractivity contribution in [1.82, 2.24) is 14.6 Å². The predicted octanol–water partition coefficient (Wildman–Crippen LogP) is 1.83. The summed E-state index contributed by atoms with van der Waals surface area (Å²) < 4.78 is 1.89. The Kier molecular flexibility index (Phi) is 3.86. The van der Waals surface area contributed by atoms with Crippen LogP contribution in [-0.4, -0.2) is 42.1 Å². The van der Waals surface area contributed by atoms with Crippen LogP contribution in [0.2, 0.25) is 0 Å². The van der Waals surface area contributed by atoms with Crippen molar-refractivity contribution in [3.63, 3.8) is 0 Å². The number of thioether (sulfide) groups is 1. The molecule has 0 bridgehead atoms. The van der Waals surface area contributed by atoms with Gasteiger partial charge in [-0.05, 0) is 37.8 Å². The summed E-state index contributed by atoms with van der Waals surface area (Å²) in [5.41, 5.74) is -0.0291. The summed E-state index contributed by atoms with van der Waals surface area (Å²) in [6.07, 6.45) is 4.00. The quantitative estimate of drug-likeness (QED) is 0.838. The summed E-state index contributed by atoms with van der Waals surface area (Å²) >= 11 is 1.46. The van der Waals surface area contributed by atoms with Crippen molar-refractivity contribution in [2.24, 2.45) is 5.92 Å². The number of aliphatic hydroxyl groups is 1. The molecule has 21 heavy (non-hydrogen) atoms. The van der Waals surface area contributed by atoms with Crippen LogP contribution in [0.25, 0.3) is 5.65 Å². The highest BCUT2D eigenvalue weighted by atomic mass is 32.2. The average molecular weight is 307 g/mol. The smallest absolute Gasteiger partial charge is 0.306 e. The van der Waals surface area contributed by atoms with Gasteiger partial charge in [-0.3, -0.25) is 9.20 Å². The molecule has 0 aliphatic heterocycles. The summed E-state index contributed by atoms with van der Waals surface area (Å²) in [5, 5.41) is 28.5. The highest BCUT2D eigenvalue weighted by molar-refractivity contribution is 7.99. The number of aliphatic carboxylic acids is 1. The zero-order chi connectivity index (χ0) is 14.9. The molecule has 112 valence electrons. The first-order valence-corrected chi connectivity index (χ1v) is 7.94. The summed E-state index contributed by atoms with van der Waals surface area (Å²) in [6.45, 7) is 0. The fraction of sp³-hybridized carbons (Fsp3) is 0.500. The molecule has 1 fully saturated rings. The first kappa shape index (κ1) is 14.3. The predicted molar refractivity (Wildman–Crippen MR) is 78.3 cm³/mol. The van der Waals surface area contributed by atoms with Crippen molar-refractivity contribution in [3.8, 4) is 0 Å². The van der Waals surface area contributed by atoms with Crippen LogP contribution in [0, 0.1) is 5.92 Å². The zero-order valence-electron chi connectivity index (χ0n) is 11.5.